The molecule has 0 spiro atoms. The van der Waals surface area contributed by atoms with Gasteiger partial charge in [-0.15, -0.1) is 11.6 Å². The quantitative estimate of drug-likeness (QED) is 0.716. The highest BCUT2D eigenvalue weighted by molar-refractivity contribution is 6.31. The summed E-state index contributed by atoms with van der Waals surface area (Å²) in [4.78, 5) is 4.70. The molecule has 1 aliphatic heterocycles. The Bertz CT molecular complexity index is 664. The molecule has 1 aromatic carbocycles. The van der Waals surface area contributed by atoms with Crippen LogP contribution in [0, 0.1) is 0 Å². The van der Waals surface area contributed by atoms with E-state index in [1.807, 2.05) is 25.1 Å². The molecule has 3 nitrogen and oxygen atoms in total. The maximum Gasteiger partial charge on any atom is 0.127 e. The van der Waals surface area contributed by atoms with Crippen LogP contribution in [0.25, 0.3) is 11.0 Å². The molecule has 1 saturated heterocycles. The van der Waals surface area contributed by atoms with Crippen molar-refractivity contribution in [3.05, 3.63) is 29.0 Å². The third-order valence-electron chi connectivity index (χ3n) is 4.07. The average molecular weight is 327 g/mol. The van der Waals surface area contributed by atoms with Gasteiger partial charge in [-0.1, -0.05) is 11.6 Å². The first-order chi connectivity index (χ1) is 9.87. The molecule has 21 heavy (non-hydrogen) atoms. The molecule has 0 saturated carbocycles. The minimum atomic E-state index is -0.137. The molecule has 0 aliphatic carbocycles. The molecule has 1 aliphatic rings. The van der Waals surface area contributed by atoms with Crippen molar-refractivity contribution < 1.29 is 4.74 Å². The van der Waals surface area contributed by atoms with Crippen LogP contribution >= 0.6 is 23.2 Å². The van der Waals surface area contributed by atoms with Crippen molar-refractivity contribution in [1.82, 2.24) is 9.55 Å². The Morgan fingerprint density at radius 2 is 2.19 bits per heavy atom. The molecule has 0 amide bonds. The van der Waals surface area contributed by atoms with Gasteiger partial charge in [0, 0.05) is 17.7 Å². The molecule has 2 heterocycles. The van der Waals surface area contributed by atoms with E-state index in [0.717, 1.165) is 36.3 Å². The van der Waals surface area contributed by atoms with Crippen LogP contribution in [0.2, 0.25) is 5.02 Å². The number of fused-ring (bicyclic) bond motifs is 1. The fourth-order valence-electron chi connectivity index (χ4n) is 3.17. The summed E-state index contributed by atoms with van der Waals surface area (Å²) in [5, 5.41) is 0.565. The van der Waals surface area contributed by atoms with Crippen molar-refractivity contribution in [3.8, 4) is 0 Å². The van der Waals surface area contributed by atoms with Gasteiger partial charge < -0.3 is 9.30 Å². The van der Waals surface area contributed by atoms with E-state index in [0.29, 0.717) is 11.1 Å². The lowest BCUT2D eigenvalue weighted by atomic mass is 9.93. The second-order valence-electron chi connectivity index (χ2n) is 6.34. The van der Waals surface area contributed by atoms with Crippen molar-refractivity contribution in [2.45, 2.75) is 50.6 Å². The predicted octanol–water partition coefficient (Wildman–Crippen LogP) is 5.12. The Morgan fingerprint density at radius 3 is 2.86 bits per heavy atom. The Labute approximate surface area is 135 Å². The molecule has 2 atom stereocenters. The van der Waals surface area contributed by atoms with Crippen molar-refractivity contribution in [2.75, 3.05) is 6.61 Å². The Hall–Kier alpha value is -0.770. The highest BCUT2D eigenvalue weighted by Gasteiger charge is 2.32. The molecule has 114 valence electrons. The fraction of sp³-hybridized carbons (Fsp3) is 0.562. The van der Waals surface area contributed by atoms with Gasteiger partial charge in [0.05, 0.1) is 22.0 Å². The largest absolute Gasteiger partial charge is 0.375 e. The first kappa shape index (κ1) is 15.1. The molecule has 0 N–H and O–H groups in total. The summed E-state index contributed by atoms with van der Waals surface area (Å²) < 4.78 is 8.12. The van der Waals surface area contributed by atoms with E-state index >= 15 is 0 Å². The number of nitrogens with zero attached hydrogens (tertiary/aromatic N) is 2. The van der Waals surface area contributed by atoms with E-state index in [-0.39, 0.29) is 11.0 Å². The first-order valence-corrected chi connectivity index (χ1v) is 8.14. The van der Waals surface area contributed by atoms with Crippen molar-refractivity contribution in [1.29, 1.82) is 0 Å². The van der Waals surface area contributed by atoms with Crippen LogP contribution in [0.1, 0.15) is 50.9 Å². The SMILES string of the molecule is CC(Cl)c1nc2cc(Cl)ccc2n1C1CCOC(C)(C)C1. The Morgan fingerprint density at radius 1 is 1.43 bits per heavy atom. The fourth-order valence-corrected chi connectivity index (χ4v) is 3.50. The third kappa shape index (κ3) is 2.92. The molecule has 5 heteroatoms. The highest BCUT2D eigenvalue weighted by atomic mass is 35.5. The standard InChI is InChI=1S/C16H20Cl2N2O/c1-10(17)15-19-13-8-11(18)4-5-14(13)20(15)12-6-7-21-16(2,3)9-12/h4-5,8,10,12H,6-7,9H2,1-3H3. The van der Waals surface area contributed by atoms with Crippen molar-refractivity contribution in [2.24, 2.45) is 0 Å². The molecular weight excluding hydrogens is 307 g/mol. The Balaban J connectivity index is 2.13. The molecule has 0 bridgehead atoms. The topological polar surface area (TPSA) is 27.1 Å². The number of benzene rings is 1. The summed E-state index contributed by atoms with van der Waals surface area (Å²) in [6.45, 7) is 7.00. The van der Waals surface area contributed by atoms with Gasteiger partial charge in [-0.2, -0.15) is 0 Å². The summed E-state index contributed by atoms with van der Waals surface area (Å²) in [6, 6.07) is 6.21. The van der Waals surface area contributed by atoms with Gasteiger partial charge in [0.1, 0.15) is 5.82 Å². The number of hydrogen-bond donors (Lipinski definition) is 0. The van der Waals surface area contributed by atoms with Crippen LogP contribution in [-0.2, 0) is 4.74 Å². The van der Waals surface area contributed by atoms with Crippen molar-refractivity contribution in [3.63, 3.8) is 0 Å². The van der Waals surface area contributed by atoms with Gasteiger partial charge in [0.25, 0.3) is 0 Å². The maximum atomic E-state index is 6.36. The number of halogens is 2. The number of hydrogen-bond acceptors (Lipinski definition) is 2. The van der Waals surface area contributed by atoms with Gasteiger partial charge in [0.15, 0.2) is 0 Å². The van der Waals surface area contributed by atoms with E-state index in [4.69, 9.17) is 32.9 Å². The molecule has 2 aromatic rings. The number of aromatic nitrogens is 2. The molecular formula is C16H20Cl2N2O. The van der Waals surface area contributed by atoms with Gasteiger partial charge in [-0.05, 0) is 51.8 Å². The number of alkyl halides is 1. The van der Waals surface area contributed by atoms with Crippen LogP contribution < -0.4 is 0 Å². The zero-order valence-electron chi connectivity index (χ0n) is 12.6. The molecule has 0 radical (unpaired) electrons. The molecule has 1 aromatic heterocycles. The lowest BCUT2D eigenvalue weighted by Crippen LogP contribution is -2.35. The lowest BCUT2D eigenvalue weighted by molar-refractivity contribution is -0.0688. The monoisotopic (exact) mass is 326 g/mol. The van der Waals surface area contributed by atoms with E-state index < -0.39 is 0 Å². The zero-order chi connectivity index (χ0) is 15.2. The number of imidazole rings is 1. The summed E-state index contributed by atoms with van der Waals surface area (Å²) in [7, 11) is 0. The van der Waals surface area contributed by atoms with Crippen molar-refractivity contribution >= 4 is 34.2 Å². The first-order valence-electron chi connectivity index (χ1n) is 7.33. The van der Waals surface area contributed by atoms with Gasteiger partial charge in [0.2, 0.25) is 0 Å². The van der Waals surface area contributed by atoms with Crippen LogP contribution in [-0.4, -0.2) is 21.8 Å². The minimum Gasteiger partial charge on any atom is -0.375 e. The summed E-state index contributed by atoms with van der Waals surface area (Å²) in [5.41, 5.74) is 1.90. The number of rotatable bonds is 2. The van der Waals surface area contributed by atoms with Gasteiger partial charge >= 0.3 is 0 Å². The average Bonchev–Trinajstić information content (AvgIpc) is 2.76. The predicted molar refractivity (Wildman–Crippen MR) is 87.3 cm³/mol. The summed E-state index contributed by atoms with van der Waals surface area (Å²) in [5.74, 6) is 0.914. The molecule has 1 fully saturated rings. The van der Waals surface area contributed by atoms with E-state index in [2.05, 4.69) is 18.4 Å². The zero-order valence-corrected chi connectivity index (χ0v) is 14.1. The second kappa shape index (κ2) is 5.45. The van der Waals surface area contributed by atoms with E-state index in [1.54, 1.807) is 0 Å². The lowest BCUT2D eigenvalue weighted by Gasteiger charge is -2.37. The van der Waals surface area contributed by atoms with E-state index in [9.17, 15) is 0 Å². The normalized spacial score (nSPS) is 23.4. The van der Waals surface area contributed by atoms with Crippen LogP contribution in [0.15, 0.2) is 18.2 Å². The molecule has 3 rings (SSSR count). The number of ether oxygens (including phenoxy) is 1. The maximum absolute atomic E-state index is 6.36. The van der Waals surface area contributed by atoms with Crippen LogP contribution in [0.3, 0.4) is 0 Å². The van der Waals surface area contributed by atoms with Crippen LogP contribution in [0.5, 0.6) is 0 Å². The van der Waals surface area contributed by atoms with Gasteiger partial charge in [-0.25, -0.2) is 4.98 Å². The van der Waals surface area contributed by atoms with Gasteiger partial charge in [-0.3, -0.25) is 0 Å². The molecule has 2 unspecified atom stereocenters. The summed E-state index contributed by atoms with van der Waals surface area (Å²) >= 11 is 12.5. The summed E-state index contributed by atoms with van der Waals surface area (Å²) in [6.07, 6.45) is 1.94. The smallest absolute Gasteiger partial charge is 0.127 e. The third-order valence-corrected chi connectivity index (χ3v) is 4.50. The van der Waals surface area contributed by atoms with E-state index in [1.165, 1.54) is 0 Å². The highest BCUT2D eigenvalue weighted by Crippen LogP contribution is 2.37. The Kier molecular flexibility index (Phi) is 3.93. The minimum absolute atomic E-state index is 0.112. The van der Waals surface area contributed by atoms with Crippen LogP contribution in [0.4, 0.5) is 0 Å². The second-order valence-corrected chi connectivity index (χ2v) is 7.43.